The molecule has 0 amide bonds. The van der Waals surface area contributed by atoms with Crippen LogP contribution in [0.15, 0.2) is 0 Å². The Morgan fingerprint density at radius 1 is 1.05 bits per heavy atom. The summed E-state index contributed by atoms with van der Waals surface area (Å²) >= 11 is 0. The van der Waals surface area contributed by atoms with Crippen LogP contribution in [0.25, 0.3) is 0 Å². The van der Waals surface area contributed by atoms with Crippen LogP contribution in [-0.2, 0) is 23.7 Å². The van der Waals surface area contributed by atoms with Crippen LogP contribution in [0.4, 0.5) is 0 Å². The van der Waals surface area contributed by atoms with Crippen molar-refractivity contribution in [2.75, 3.05) is 34.5 Å². The van der Waals surface area contributed by atoms with E-state index in [9.17, 15) is 0 Å². The van der Waals surface area contributed by atoms with Gasteiger partial charge in [-0.05, 0) is 6.42 Å². The van der Waals surface area contributed by atoms with Gasteiger partial charge in [0.05, 0.1) is 25.7 Å². The Bertz CT molecular complexity index is 243. The van der Waals surface area contributed by atoms with Gasteiger partial charge in [0.2, 0.25) is 0 Å². The first-order chi connectivity index (χ1) is 10.2. The molecule has 1 aliphatic heterocycles. The Kier molecular flexibility index (Phi) is 9.44. The van der Waals surface area contributed by atoms with Gasteiger partial charge in [-0.3, -0.25) is 0 Å². The largest absolute Gasteiger partial charge is 0.375 e. The quantitative estimate of drug-likeness (QED) is 0.280. The van der Waals surface area contributed by atoms with Crippen LogP contribution < -0.4 is 0 Å². The van der Waals surface area contributed by atoms with Gasteiger partial charge in [0.25, 0.3) is 5.97 Å². The first kappa shape index (κ1) is 18.8. The van der Waals surface area contributed by atoms with Crippen LogP contribution in [-0.4, -0.2) is 52.7 Å². The predicted octanol–water partition coefficient (Wildman–Crippen LogP) is 3.11. The van der Waals surface area contributed by atoms with Gasteiger partial charge in [-0.2, -0.15) is 0 Å². The van der Waals surface area contributed by atoms with Crippen LogP contribution in [0.3, 0.4) is 0 Å². The predicted molar refractivity (Wildman–Crippen MR) is 81.2 cm³/mol. The standard InChI is InChI=1S/C16H32O5/c1-5-6-7-8-9-10-14(20-12-15-13-21-15)11-16(17-2,18-3)19-4/h14-15H,5-13H2,1-4H3. The Labute approximate surface area is 129 Å². The smallest absolute Gasteiger partial charge is 0.284 e. The second kappa shape index (κ2) is 10.5. The maximum absolute atomic E-state index is 5.97. The van der Waals surface area contributed by atoms with Crippen LogP contribution in [0.5, 0.6) is 0 Å². The highest BCUT2D eigenvalue weighted by atomic mass is 16.9. The van der Waals surface area contributed by atoms with Crippen LogP contribution >= 0.6 is 0 Å². The van der Waals surface area contributed by atoms with Crippen LogP contribution in [0.2, 0.25) is 0 Å². The summed E-state index contributed by atoms with van der Waals surface area (Å²) in [7, 11) is 4.78. The summed E-state index contributed by atoms with van der Waals surface area (Å²) in [6.07, 6.45) is 8.16. The molecule has 21 heavy (non-hydrogen) atoms. The molecule has 0 aromatic heterocycles. The first-order valence-electron chi connectivity index (χ1n) is 8.08. The maximum Gasteiger partial charge on any atom is 0.284 e. The summed E-state index contributed by atoms with van der Waals surface area (Å²) in [5, 5.41) is 0. The number of unbranched alkanes of at least 4 members (excludes halogenated alkanes) is 4. The second-order valence-corrected chi connectivity index (χ2v) is 5.61. The molecule has 0 aromatic carbocycles. The third-order valence-corrected chi connectivity index (χ3v) is 3.96. The van der Waals surface area contributed by atoms with E-state index in [1.54, 1.807) is 21.3 Å². The molecule has 0 aromatic rings. The lowest BCUT2D eigenvalue weighted by Crippen LogP contribution is -2.40. The molecular weight excluding hydrogens is 272 g/mol. The fourth-order valence-electron chi connectivity index (χ4n) is 2.41. The molecule has 126 valence electrons. The van der Waals surface area contributed by atoms with E-state index < -0.39 is 5.97 Å². The molecule has 0 spiro atoms. The molecule has 0 radical (unpaired) electrons. The lowest BCUT2D eigenvalue weighted by molar-refractivity contribution is -0.362. The number of epoxide rings is 1. The second-order valence-electron chi connectivity index (χ2n) is 5.61. The minimum Gasteiger partial charge on any atom is -0.375 e. The molecule has 1 fully saturated rings. The van der Waals surface area contributed by atoms with Gasteiger partial charge >= 0.3 is 0 Å². The summed E-state index contributed by atoms with van der Waals surface area (Å²) in [5.41, 5.74) is 0. The van der Waals surface area contributed by atoms with Gasteiger partial charge in [-0.15, -0.1) is 0 Å². The maximum atomic E-state index is 5.97. The first-order valence-corrected chi connectivity index (χ1v) is 8.08. The lowest BCUT2D eigenvalue weighted by atomic mass is 10.0. The fraction of sp³-hybridized carbons (Fsp3) is 1.00. The molecule has 1 aliphatic rings. The van der Waals surface area contributed by atoms with Crippen molar-refractivity contribution in [3.63, 3.8) is 0 Å². The molecule has 1 heterocycles. The van der Waals surface area contributed by atoms with E-state index in [1.165, 1.54) is 25.7 Å². The summed E-state index contributed by atoms with van der Waals surface area (Å²) in [4.78, 5) is 0. The molecule has 1 rings (SSSR count). The van der Waals surface area contributed by atoms with Gasteiger partial charge in [0, 0.05) is 21.3 Å². The van der Waals surface area contributed by atoms with E-state index in [0.717, 1.165) is 19.4 Å². The molecule has 0 saturated carbocycles. The van der Waals surface area contributed by atoms with Crippen molar-refractivity contribution in [2.45, 2.75) is 70.1 Å². The highest BCUT2D eigenvalue weighted by Gasteiger charge is 2.34. The normalized spacial score (nSPS) is 19.7. The minimum atomic E-state index is -1.02. The molecular formula is C16H32O5. The van der Waals surface area contributed by atoms with Gasteiger partial charge in [0.15, 0.2) is 0 Å². The summed E-state index contributed by atoms with van der Waals surface area (Å²) in [6, 6.07) is 0. The average Bonchev–Trinajstić information content (AvgIpc) is 3.34. The summed E-state index contributed by atoms with van der Waals surface area (Å²) in [6.45, 7) is 3.69. The van der Waals surface area contributed by atoms with E-state index >= 15 is 0 Å². The Hall–Kier alpha value is -0.200. The van der Waals surface area contributed by atoms with Gasteiger partial charge in [-0.1, -0.05) is 39.0 Å². The number of hydrogen-bond acceptors (Lipinski definition) is 5. The number of rotatable bonds is 14. The van der Waals surface area contributed by atoms with Crippen molar-refractivity contribution in [3.8, 4) is 0 Å². The monoisotopic (exact) mass is 304 g/mol. The molecule has 0 bridgehead atoms. The molecule has 2 unspecified atom stereocenters. The van der Waals surface area contributed by atoms with E-state index in [4.69, 9.17) is 23.7 Å². The highest BCUT2D eigenvalue weighted by molar-refractivity contribution is 4.72. The highest BCUT2D eigenvalue weighted by Crippen LogP contribution is 2.25. The Morgan fingerprint density at radius 3 is 2.19 bits per heavy atom. The van der Waals surface area contributed by atoms with Crippen molar-refractivity contribution >= 4 is 0 Å². The molecule has 1 saturated heterocycles. The van der Waals surface area contributed by atoms with E-state index in [2.05, 4.69) is 6.92 Å². The number of methoxy groups -OCH3 is 3. The summed E-state index contributed by atoms with van der Waals surface area (Å²) in [5.74, 6) is -1.02. The zero-order valence-corrected chi connectivity index (χ0v) is 14.1. The zero-order valence-electron chi connectivity index (χ0n) is 14.1. The van der Waals surface area contributed by atoms with Crippen LogP contribution in [0, 0.1) is 0 Å². The van der Waals surface area contributed by atoms with Crippen molar-refractivity contribution in [1.29, 1.82) is 0 Å². The third-order valence-electron chi connectivity index (χ3n) is 3.96. The molecule has 5 nitrogen and oxygen atoms in total. The van der Waals surface area contributed by atoms with Crippen molar-refractivity contribution in [3.05, 3.63) is 0 Å². The average molecular weight is 304 g/mol. The van der Waals surface area contributed by atoms with E-state index in [1.807, 2.05) is 0 Å². The Balaban J connectivity index is 2.37. The van der Waals surface area contributed by atoms with Crippen LogP contribution in [0.1, 0.15) is 51.9 Å². The molecule has 2 atom stereocenters. The SMILES string of the molecule is CCCCCCCC(CC(OC)(OC)OC)OCC1CO1. The number of hydrogen-bond donors (Lipinski definition) is 0. The van der Waals surface area contributed by atoms with E-state index in [-0.39, 0.29) is 12.2 Å². The zero-order chi connectivity index (χ0) is 15.6. The molecule has 0 N–H and O–H groups in total. The van der Waals surface area contributed by atoms with Crippen molar-refractivity contribution in [1.82, 2.24) is 0 Å². The van der Waals surface area contributed by atoms with Crippen molar-refractivity contribution in [2.24, 2.45) is 0 Å². The molecule has 5 heteroatoms. The third kappa shape index (κ3) is 7.56. The van der Waals surface area contributed by atoms with Gasteiger partial charge in [-0.25, -0.2) is 0 Å². The number of ether oxygens (including phenoxy) is 5. The lowest BCUT2D eigenvalue weighted by Gasteiger charge is -2.32. The van der Waals surface area contributed by atoms with Gasteiger partial charge in [0.1, 0.15) is 6.10 Å². The minimum absolute atomic E-state index is 0.0654. The topological polar surface area (TPSA) is 49.5 Å². The van der Waals surface area contributed by atoms with E-state index in [0.29, 0.717) is 13.0 Å². The molecule has 0 aliphatic carbocycles. The Morgan fingerprint density at radius 2 is 1.67 bits per heavy atom. The van der Waals surface area contributed by atoms with Gasteiger partial charge < -0.3 is 23.7 Å². The summed E-state index contributed by atoms with van der Waals surface area (Å²) < 4.78 is 27.3. The fourth-order valence-corrected chi connectivity index (χ4v) is 2.41. The van der Waals surface area contributed by atoms with Crippen molar-refractivity contribution < 1.29 is 23.7 Å².